The first-order chi connectivity index (χ1) is 12.5. The summed E-state index contributed by atoms with van der Waals surface area (Å²) < 4.78 is 5.16. The lowest BCUT2D eigenvalue weighted by molar-refractivity contribution is -0.143. The van der Waals surface area contributed by atoms with Gasteiger partial charge in [-0.1, -0.05) is 12.1 Å². The summed E-state index contributed by atoms with van der Waals surface area (Å²) in [7, 11) is 1.63. The van der Waals surface area contributed by atoms with Crippen LogP contribution in [0.1, 0.15) is 35.5 Å². The van der Waals surface area contributed by atoms with Crippen molar-refractivity contribution in [2.45, 2.75) is 32.4 Å². The monoisotopic (exact) mass is 352 g/mol. The van der Waals surface area contributed by atoms with E-state index in [0.29, 0.717) is 38.2 Å². The Bertz CT molecular complexity index is 875. The van der Waals surface area contributed by atoms with Crippen molar-refractivity contribution < 1.29 is 14.3 Å². The van der Waals surface area contributed by atoms with Crippen molar-refractivity contribution >= 4 is 11.8 Å². The number of hydrogen-bond acceptors (Lipinski definition) is 5. The Morgan fingerprint density at radius 1 is 1.23 bits per heavy atom. The number of carbonyl (C=O) groups is 2. The van der Waals surface area contributed by atoms with Gasteiger partial charge in [-0.25, -0.2) is 9.97 Å². The van der Waals surface area contributed by atoms with Gasteiger partial charge in [0.25, 0.3) is 0 Å². The Labute approximate surface area is 151 Å². The van der Waals surface area contributed by atoms with Crippen LogP contribution in [-0.4, -0.2) is 33.8 Å². The van der Waals surface area contributed by atoms with Gasteiger partial charge in [-0.2, -0.15) is 0 Å². The second kappa shape index (κ2) is 6.09. The Balaban J connectivity index is 1.48. The van der Waals surface area contributed by atoms with E-state index in [-0.39, 0.29) is 5.91 Å². The van der Waals surface area contributed by atoms with E-state index in [2.05, 4.69) is 9.97 Å². The molecule has 2 aliphatic rings. The third-order valence-corrected chi connectivity index (χ3v) is 5.15. The van der Waals surface area contributed by atoms with Gasteiger partial charge in [0.1, 0.15) is 17.0 Å². The molecule has 0 spiro atoms. The van der Waals surface area contributed by atoms with Crippen LogP contribution in [0.2, 0.25) is 0 Å². The fraction of sp³-hybridized carbons (Fsp3) is 0.368. The largest absolute Gasteiger partial charge is 0.497 e. The predicted molar refractivity (Wildman–Crippen MR) is 92.9 cm³/mol. The van der Waals surface area contributed by atoms with E-state index in [1.807, 2.05) is 24.3 Å². The molecule has 7 nitrogen and oxygen atoms in total. The first-order valence-corrected chi connectivity index (χ1v) is 8.58. The SMILES string of the molecule is COc1ccc(Cc2ncc3c(n2)CN(C(=O)C2(C(N)=O)CC2)C3)cc1. The van der Waals surface area contributed by atoms with Crippen LogP contribution in [0, 0.1) is 5.41 Å². The molecule has 7 heteroatoms. The maximum atomic E-state index is 12.6. The quantitative estimate of drug-likeness (QED) is 0.815. The normalized spacial score (nSPS) is 16.9. The molecule has 4 rings (SSSR count). The van der Waals surface area contributed by atoms with E-state index in [1.165, 1.54) is 0 Å². The Kier molecular flexibility index (Phi) is 3.86. The average molecular weight is 352 g/mol. The minimum absolute atomic E-state index is 0.181. The van der Waals surface area contributed by atoms with E-state index in [1.54, 1.807) is 18.2 Å². The van der Waals surface area contributed by atoms with Crippen LogP contribution < -0.4 is 10.5 Å². The standard InChI is InChI=1S/C19H20N4O3/c1-26-14-4-2-12(3-5-14)8-16-21-9-13-10-23(11-15(13)22-16)18(25)19(6-7-19)17(20)24/h2-5,9H,6-8,10-11H2,1H3,(H2,20,24). The van der Waals surface area contributed by atoms with Gasteiger partial charge in [0.2, 0.25) is 11.8 Å². The molecule has 2 amide bonds. The molecule has 1 fully saturated rings. The molecule has 1 saturated carbocycles. The Morgan fingerprint density at radius 3 is 2.58 bits per heavy atom. The number of fused-ring (bicyclic) bond motifs is 1. The van der Waals surface area contributed by atoms with Crippen LogP contribution >= 0.6 is 0 Å². The summed E-state index contributed by atoms with van der Waals surface area (Å²) >= 11 is 0. The van der Waals surface area contributed by atoms with Gasteiger partial charge in [-0.05, 0) is 30.5 Å². The van der Waals surface area contributed by atoms with Gasteiger partial charge < -0.3 is 15.4 Å². The number of nitrogens with two attached hydrogens (primary N) is 1. The molecule has 134 valence electrons. The highest BCUT2D eigenvalue weighted by molar-refractivity contribution is 6.07. The predicted octanol–water partition coefficient (Wildman–Crippen LogP) is 1.18. The number of ether oxygens (including phenoxy) is 1. The van der Waals surface area contributed by atoms with E-state index >= 15 is 0 Å². The van der Waals surface area contributed by atoms with E-state index in [0.717, 1.165) is 22.6 Å². The summed E-state index contributed by atoms with van der Waals surface area (Å²) in [6.45, 7) is 0.841. The zero-order valence-electron chi connectivity index (χ0n) is 14.6. The summed E-state index contributed by atoms with van der Waals surface area (Å²) in [4.78, 5) is 34.9. The lowest BCUT2D eigenvalue weighted by Crippen LogP contribution is -2.41. The molecule has 1 aromatic heterocycles. The van der Waals surface area contributed by atoms with Gasteiger partial charge in [-0.3, -0.25) is 9.59 Å². The van der Waals surface area contributed by atoms with E-state index < -0.39 is 11.3 Å². The van der Waals surface area contributed by atoms with Crippen LogP contribution in [0.5, 0.6) is 5.75 Å². The van der Waals surface area contributed by atoms with E-state index in [4.69, 9.17) is 10.5 Å². The van der Waals surface area contributed by atoms with Crippen LogP contribution in [0.4, 0.5) is 0 Å². The van der Waals surface area contributed by atoms with E-state index in [9.17, 15) is 9.59 Å². The smallest absolute Gasteiger partial charge is 0.238 e. The topological polar surface area (TPSA) is 98.4 Å². The molecule has 26 heavy (non-hydrogen) atoms. The number of carbonyl (C=O) groups excluding carboxylic acids is 2. The van der Waals surface area contributed by atoms with Gasteiger partial charge in [0.15, 0.2) is 0 Å². The maximum absolute atomic E-state index is 12.6. The van der Waals surface area contributed by atoms with Crippen molar-refractivity contribution in [2.75, 3.05) is 7.11 Å². The van der Waals surface area contributed by atoms with Crippen LogP contribution in [-0.2, 0) is 29.1 Å². The molecule has 0 unspecified atom stereocenters. The zero-order valence-corrected chi connectivity index (χ0v) is 14.6. The lowest BCUT2D eigenvalue weighted by atomic mass is 10.1. The van der Waals surface area contributed by atoms with Crippen molar-refractivity contribution in [3.8, 4) is 5.75 Å². The van der Waals surface area contributed by atoms with Gasteiger partial charge >= 0.3 is 0 Å². The molecule has 0 atom stereocenters. The summed E-state index contributed by atoms with van der Waals surface area (Å²) in [5.41, 5.74) is 7.29. The third-order valence-electron chi connectivity index (χ3n) is 5.15. The molecule has 1 aliphatic heterocycles. The summed E-state index contributed by atoms with van der Waals surface area (Å²) in [6.07, 6.45) is 3.47. The molecule has 0 radical (unpaired) electrons. The number of benzene rings is 1. The highest BCUT2D eigenvalue weighted by Gasteiger charge is 2.57. The molecule has 2 heterocycles. The van der Waals surface area contributed by atoms with Crippen molar-refractivity contribution in [1.29, 1.82) is 0 Å². The molecular weight excluding hydrogens is 332 g/mol. The minimum atomic E-state index is -0.985. The number of nitrogens with zero attached hydrogens (tertiary/aromatic N) is 3. The number of amides is 2. The Morgan fingerprint density at radius 2 is 1.96 bits per heavy atom. The Hall–Kier alpha value is -2.96. The lowest BCUT2D eigenvalue weighted by Gasteiger charge is -2.20. The zero-order chi connectivity index (χ0) is 18.3. The van der Waals surface area contributed by atoms with Crippen LogP contribution in [0.3, 0.4) is 0 Å². The van der Waals surface area contributed by atoms with Gasteiger partial charge in [0.05, 0.1) is 19.3 Å². The number of aromatic nitrogens is 2. The first-order valence-electron chi connectivity index (χ1n) is 8.58. The van der Waals surface area contributed by atoms with Crippen LogP contribution in [0.25, 0.3) is 0 Å². The average Bonchev–Trinajstić information content (AvgIpc) is 3.36. The fourth-order valence-corrected chi connectivity index (χ4v) is 3.34. The molecule has 0 saturated heterocycles. The number of hydrogen-bond donors (Lipinski definition) is 1. The van der Waals surface area contributed by atoms with Crippen molar-refractivity contribution in [2.24, 2.45) is 11.1 Å². The third kappa shape index (κ3) is 2.79. The molecule has 1 aliphatic carbocycles. The van der Waals surface area contributed by atoms with Gasteiger partial charge in [0, 0.05) is 24.7 Å². The first kappa shape index (κ1) is 16.5. The second-order valence-electron chi connectivity index (χ2n) is 6.89. The second-order valence-corrected chi connectivity index (χ2v) is 6.89. The number of rotatable bonds is 5. The molecule has 2 N–H and O–H groups in total. The number of methoxy groups -OCH3 is 1. The highest BCUT2D eigenvalue weighted by Crippen LogP contribution is 2.47. The highest BCUT2D eigenvalue weighted by atomic mass is 16.5. The summed E-state index contributed by atoms with van der Waals surface area (Å²) in [6, 6.07) is 7.77. The van der Waals surface area contributed by atoms with Crippen LogP contribution in [0.15, 0.2) is 30.5 Å². The molecule has 1 aromatic carbocycles. The van der Waals surface area contributed by atoms with Crippen molar-refractivity contribution in [3.63, 3.8) is 0 Å². The summed E-state index contributed by atoms with van der Waals surface area (Å²) in [5.74, 6) is 0.810. The summed E-state index contributed by atoms with van der Waals surface area (Å²) in [5, 5.41) is 0. The maximum Gasteiger partial charge on any atom is 0.238 e. The minimum Gasteiger partial charge on any atom is -0.497 e. The molecule has 2 aromatic rings. The number of primary amides is 1. The molecule has 0 bridgehead atoms. The van der Waals surface area contributed by atoms with Crippen molar-refractivity contribution in [1.82, 2.24) is 14.9 Å². The van der Waals surface area contributed by atoms with Crippen molar-refractivity contribution in [3.05, 3.63) is 53.1 Å². The molecular formula is C19H20N4O3. The van der Waals surface area contributed by atoms with Gasteiger partial charge in [-0.15, -0.1) is 0 Å². The fourth-order valence-electron chi connectivity index (χ4n) is 3.34.